The topological polar surface area (TPSA) is 109 Å². The van der Waals surface area contributed by atoms with Crippen molar-refractivity contribution in [2.45, 2.75) is 13.5 Å². The second-order valence-electron chi connectivity index (χ2n) is 4.03. The number of piperazine rings is 1. The van der Waals surface area contributed by atoms with Crippen LogP contribution in [-0.4, -0.2) is 58.4 Å². The maximum Gasteiger partial charge on any atom is 0.407 e. The summed E-state index contributed by atoms with van der Waals surface area (Å²) in [6.45, 7) is 3.02. The van der Waals surface area contributed by atoms with Gasteiger partial charge >= 0.3 is 12.1 Å². The number of esters is 1. The zero-order valence-electron chi connectivity index (χ0n) is 10.4. The minimum absolute atomic E-state index is 0.0581. The van der Waals surface area contributed by atoms with Gasteiger partial charge in [0.05, 0.1) is 0 Å². The number of hydrogen-bond donors (Lipinski definition) is 1. The molecule has 0 radical (unpaired) electrons. The Hall–Kier alpha value is -2.32. The van der Waals surface area contributed by atoms with Gasteiger partial charge in [0, 0.05) is 33.1 Å². The van der Waals surface area contributed by atoms with Crippen molar-refractivity contribution >= 4 is 18.0 Å². The molecular formula is C10H14N4O5. The van der Waals surface area contributed by atoms with Crippen LogP contribution in [0.4, 0.5) is 10.7 Å². The minimum Gasteiger partial charge on any atom is -0.465 e. The molecule has 0 atom stereocenters. The van der Waals surface area contributed by atoms with Crippen LogP contribution in [0.25, 0.3) is 0 Å². The number of amides is 1. The fourth-order valence-electron chi connectivity index (χ4n) is 1.69. The van der Waals surface area contributed by atoms with E-state index < -0.39 is 12.1 Å². The van der Waals surface area contributed by atoms with E-state index in [1.165, 1.54) is 11.8 Å². The Balaban J connectivity index is 1.89. The summed E-state index contributed by atoms with van der Waals surface area (Å²) < 4.78 is 9.67. The van der Waals surface area contributed by atoms with Gasteiger partial charge in [0.1, 0.15) is 0 Å². The van der Waals surface area contributed by atoms with E-state index in [-0.39, 0.29) is 12.5 Å². The number of carbonyl (C=O) groups is 2. The second-order valence-corrected chi connectivity index (χ2v) is 4.03. The predicted octanol–water partition coefficient (Wildman–Crippen LogP) is -0.0673. The molecule has 0 unspecified atom stereocenters. The highest BCUT2D eigenvalue weighted by Crippen LogP contribution is 2.13. The standard InChI is InChI=1S/C10H14N4O5/c1-7(15)18-6-8-11-9(12-19-8)13-2-4-14(5-3-13)10(16)17/h2-6H2,1H3,(H,16,17). The van der Waals surface area contributed by atoms with Crippen LogP contribution in [-0.2, 0) is 16.1 Å². The summed E-state index contributed by atoms with van der Waals surface area (Å²) in [5, 5.41) is 12.6. The lowest BCUT2D eigenvalue weighted by Gasteiger charge is -2.31. The molecule has 1 saturated heterocycles. The quantitative estimate of drug-likeness (QED) is 0.760. The van der Waals surface area contributed by atoms with Crippen molar-refractivity contribution in [2.24, 2.45) is 0 Å². The molecule has 0 aromatic carbocycles. The van der Waals surface area contributed by atoms with E-state index in [2.05, 4.69) is 10.1 Å². The van der Waals surface area contributed by atoms with Gasteiger partial charge in [0.25, 0.3) is 11.8 Å². The summed E-state index contributed by atoms with van der Waals surface area (Å²) in [6.07, 6.45) is -0.927. The third-order valence-corrected chi connectivity index (χ3v) is 2.69. The lowest BCUT2D eigenvalue weighted by molar-refractivity contribution is -0.143. The first-order valence-corrected chi connectivity index (χ1v) is 5.75. The van der Waals surface area contributed by atoms with Gasteiger partial charge in [0.15, 0.2) is 6.61 Å². The molecule has 0 bridgehead atoms. The average Bonchev–Trinajstić information content (AvgIpc) is 2.85. The molecule has 9 nitrogen and oxygen atoms in total. The van der Waals surface area contributed by atoms with Crippen LogP contribution in [0.1, 0.15) is 12.8 Å². The Kier molecular flexibility index (Phi) is 3.83. The molecule has 1 aliphatic rings. The Morgan fingerprint density at radius 2 is 2.05 bits per heavy atom. The van der Waals surface area contributed by atoms with E-state index in [1.807, 2.05) is 4.90 Å². The van der Waals surface area contributed by atoms with Gasteiger partial charge < -0.3 is 24.2 Å². The molecule has 9 heteroatoms. The summed E-state index contributed by atoms with van der Waals surface area (Å²) >= 11 is 0. The van der Waals surface area contributed by atoms with Crippen molar-refractivity contribution in [3.05, 3.63) is 5.89 Å². The highest BCUT2D eigenvalue weighted by molar-refractivity contribution is 5.66. The minimum atomic E-state index is -0.927. The Morgan fingerprint density at radius 1 is 1.37 bits per heavy atom. The molecule has 1 N–H and O–H groups in total. The van der Waals surface area contributed by atoms with Crippen molar-refractivity contribution in [3.63, 3.8) is 0 Å². The number of anilines is 1. The Bertz CT molecular complexity index is 466. The normalized spacial score (nSPS) is 15.4. The molecule has 1 aromatic heterocycles. The van der Waals surface area contributed by atoms with Gasteiger partial charge in [-0.1, -0.05) is 0 Å². The van der Waals surface area contributed by atoms with Crippen LogP contribution in [0.3, 0.4) is 0 Å². The van der Waals surface area contributed by atoms with Crippen LogP contribution < -0.4 is 4.90 Å². The van der Waals surface area contributed by atoms with Crippen LogP contribution in [0.2, 0.25) is 0 Å². The van der Waals surface area contributed by atoms with Crippen molar-refractivity contribution in [1.29, 1.82) is 0 Å². The van der Waals surface area contributed by atoms with Crippen molar-refractivity contribution in [1.82, 2.24) is 15.0 Å². The molecule has 19 heavy (non-hydrogen) atoms. The number of carbonyl (C=O) groups excluding carboxylic acids is 1. The number of rotatable bonds is 3. The van der Waals surface area contributed by atoms with Crippen LogP contribution >= 0.6 is 0 Å². The van der Waals surface area contributed by atoms with Gasteiger partial charge in [-0.05, 0) is 5.16 Å². The summed E-state index contributed by atoms with van der Waals surface area (Å²) in [5.74, 6) is 0.174. The first kappa shape index (κ1) is 13.1. The van der Waals surface area contributed by atoms with Gasteiger partial charge in [0.2, 0.25) is 0 Å². The maximum atomic E-state index is 10.8. The fourth-order valence-corrected chi connectivity index (χ4v) is 1.69. The van der Waals surface area contributed by atoms with Crippen LogP contribution in [0.5, 0.6) is 0 Å². The smallest absolute Gasteiger partial charge is 0.407 e. The maximum absolute atomic E-state index is 10.8. The number of carboxylic acid groups (broad SMARTS) is 1. The van der Waals surface area contributed by atoms with Gasteiger partial charge in [-0.25, -0.2) is 4.79 Å². The van der Waals surface area contributed by atoms with E-state index in [1.54, 1.807) is 0 Å². The van der Waals surface area contributed by atoms with Gasteiger partial charge in [-0.2, -0.15) is 4.98 Å². The summed E-state index contributed by atoms with van der Waals surface area (Å²) in [5.41, 5.74) is 0. The number of aromatic nitrogens is 2. The predicted molar refractivity (Wildman–Crippen MR) is 61.6 cm³/mol. The lowest BCUT2D eigenvalue weighted by atomic mass is 10.3. The van der Waals surface area contributed by atoms with Gasteiger partial charge in [-0.3, -0.25) is 4.79 Å². The zero-order chi connectivity index (χ0) is 13.8. The van der Waals surface area contributed by atoms with E-state index >= 15 is 0 Å². The van der Waals surface area contributed by atoms with Crippen LogP contribution in [0.15, 0.2) is 4.52 Å². The van der Waals surface area contributed by atoms with Crippen LogP contribution in [0, 0.1) is 0 Å². The molecule has 1 fully saturated rings. The first-order chi connectivity index (χ1) is 9.06. The monoisotopic (exact) mass is 270 g/mol. The van der Waals surface area contributed by atoms with E-state index in [4.69, 9.17) is 14.4 Å². The van der Waals surface area contributed by atoms with E-state index in [0.29, 0.717) is 32.1 Å². The van der Waals surface area contributed by atoms with Crippen molar-refractivity contribution in [3.8, 4) is 0 Å². The van der Waals surface area contributed by atoms with E-state index in [9.17, 15) is 9.59 Å². The first-order valence-electron chi connectivity index (χ1n) is 5.75. The third-order valence-electron chi connectivity index (χ3n) is 2.69. The molecular weight excluding hydrogens is 256 g/mol. The highest BCUT2D eigenvalue weighted by atomic mass is 16.6. The molecule has 0 aliphatic carbocycles. The number of nitrogens with zero attached hydrogens (tertiary/aromatic N) is 4. The molecule has 0 saturated carbocycles. The fraction of sp³-hybridized carbons (Fsp3) is 0.600. The third kappa shape index (κ3) is 3.33. The molecule has 1 aromatic rings. The molecule has 104 valence electrons. The molecule has 2 rings (SSSR count). The average molecular weight is 270 g/mol. The van der Waals surface area contributed by atoms with Gasteiger partial charge in [-0.15, -0.1) is 0 Å². The molecule has 0 spiro atoms. The Morgan fingerprint density at radius 3 is 2.63 bits per heavy atom. The van der Waals surface area contributed by atoms with Crippen molar-refractivity contribution in [2.75, 3.05) is 31.1 Å². The summed E-state index contributed by atoms with van der Waals surface area (Å²) in [6, 6.07) is 0. The molecule has 2 heterocycles. The number of hydrogen-bond acceptors (Lipinski definition) is 7. The second kappa shape index (κ2) is 5.55. The van der Waals surface area contributed by atoms with E-state index in [0.717, 1.165) is 0 Å². The highest BCUT2D eigenvalue weighted by Gasteiger charge is 2.23. The SMILES string of the molecule is CC(=O)OCc1nc(N2CCN(C(=O)O)CC2)no1. The molecule has 1 aliphatic heterocycles. The Labute approximate surface area is 108 Å². The summed E-state index contributed by atoms with van der Waals surface area (Å²) in [4.78, 5) is 28.6. The largest absolute Gasteiger partial charge is 0.465 e. The lowest BCUT2D eigenvalue weighted by Crippen LogP contribution is -2.48. The summed E-state index contributed by atoms with van der Waals surface area (Å²) in [7, 11) is 0. The number of ether oxygens (including phenoxy) is 1. The zero-order valence-corrected chi connectivity index (χ0v) is 10.4. The molecule has 1 amide bonds. The van der Waals surface area contributed by atoms with Crippen molar-refractivity contribution < 1.29 is 24.0 Å².